The van der Waals surface area contributed by atoms with Crippen LogP contribution in [-0.4, -0.2) is 24.0 Å². The first-order chi connectivity index (χ1) is 7.44. The molecule has 0 aromatic heterocycles. The molecule has 0 aromatic carbocycles. The molecule has 122 valence electrons. The van der Waals surface area contributed by atoms with Crippen molar-refractivity contribution < 1.29 is 0 Å². The van der Waals surface area contributed by atoms with E-state index in [2.05, 4.69) is 81.2 Å². The molecule has 0 bridgehead atoms. The summed E-state index contributed by atoms with van der Waals surface area (Å²) >= 11 is 0. The van der Waals surface area contributed by atoms with Gasteiger partial charge in [0.2, 0.25) is 0 Å². The maximum Gasteiger partial charge on any atom is 0.00382 e. The Labute approximate surface area is 126 Å². The predicted octanol–water partition coefficient (Wildman–Crippen LogP) is 6.33. The van der Waals surface area contributed by atoms with E-state index >= 15 is 0 Å². The lowest BCUT2D eigenvalue weighted by molar-refractivity contribution is 0.165. The molecule has 0 saturated heterocycles. The van der Waals surface area contributed by atoms with Crippen molar-refractivity contribution >= 4 is 0 Å². The molecule has 0 atom stereocenters. The minimum absolute atomic E-state index is 0. The molecule has 0 radical (unpaired) electrons. The normalized spacial score (nSPS) is 11.4. The first-order valence-electron chi connectivity index (χ1n) is 7.16. The van der Waals surface area contributed by atoms with E-state index in [1.54, 1.807) is 0 Å². The summed E-state index contributed by atoms with van der Waals surface area (Å²) in [5.74, 6) is 1.58. The van der Waals surface area contributed by atoms with Crippen LogP contribution in [0.4, 0.5) is 0 Å². The minimum atomic E-state index is 0. The molecule has 0 saturated carbocycles. The summed E-state index contributed by atoms with van der Waals surface area (Å²) in [6.07, 6.45) is 0. The fourth-order valence-corrected chi connectivity index (χ4v) is 1.26. The molecular formula is C18H45N. The summed E-state index contributed by atoms with van der Waals surface area (Å²) in [6, 6.07) is 1.35. The van der Waals surface area contributed by atoms with Gasteiger partial charge in [0.25, 0.3) is 0 Å². The molecule has 0 spiro atoms. The SMILES string of the molecule is C.C.CC(C)C(C)(C)C(C)C.CC(C)N(C)C(C)C. The van der Waals surface area contributed by atoms with Crippen molar-refractivity contribution in [3.05, 3.63) is 0 Å². The Morgan fingerprint density at radius 3 is 0.842 bits per heavy atom. The van der Waals surface area contributed by atoms with Crippen LogP contribution < -0.4 is 0 Å². The van der Waals surface area contributed by atoms with Crippen LogP contribution in [-0.2, 0) is 0 Å². The van der Waals surface area contributed by atoms with Gasteiger partial charge < -0.3 is 4.90 Å². The zero-order chi connectivity index (χ0) is 14.4. The van der Waals surface area contributed by atoms with Crippen molar-refractivity contribution in [1.29, 1.82) is 0 Å². The van der Waals surface area contributed by atoms with Crippen LogP contribution in [0.15, 0.2) is 0 Å². The lowest BCUT2D eigenvalue weighted by Gasteiger charge is -2.33. The average molecular weight is 276 g/mol. The fourth-order valence-electron chi connectivity index (χ4n) is 1.26. The highest BCUT2D eigenvalue weighted by Crippen LogP contribution is 2.33. The third kappa shape index (κ3) is 11.5. The van der Waals surface area contributed by atoms with E-state index in [0.717, 1.165) is 11.8 Å². The third-order valence-electron chi connectivity index (χ3n) is 4.61. The van der Waals surface area contributed by atoms with Gasteiger partial charge in [0.1, 0.15) is 0 Å². The Morgan fingerprint density at radius 2 is 0.842 bits per heavy atom. The molecule has 0 aliphatic carbocycles. The van der Waals surface area contributed by atoms with Gasteiger partial charge in [0.05, 0.1) is 0 Å². The molecule has 1 heteroatoms. The van der Waals surface area contributed by atoms with Gasteiger partial charge >= 0.3 is 0 Å². The maximum atomic E-state index is 2.34. The molecule has 0 aromatic rings. The van der Waals surface area contributed by atoms with Gasteiger partial charge in [0.15, 0.2) is 0 Å². The summed E-state index contributed by atoms with van der Waals surface area (Å²) < 4.78 is 0. The molecule has 0 aliphatic heterocycles. The maximum absolute atomic E-state index is 2.34. The first kappa shape index (κ1) is 27.3. The largest absolute Gasteiger partial charge is 0.302 e. The summed E-state index contributed by atoms with van der Waals surface area (Å²) in [4.78, 5) is 2.33. The van der Waals surface area contributed by atoms with E-state index in [1.807, 2.05) is 0 Å². The van der Waals surface area contributed by atoms with Gasteiger partial charge in [-0.3, -0.25) is 0 Å². The Morgan fingerprint density at radius 1 is 0.632 bits per heavy atom. The second-order valence-corrected chi connectivity index (χ2v) is 6.98. The van der Waals surface area contributed by atoms with Crippen molar-refractivity contribution in [1.82, 2.24) is 4.90 Å². The molecule has 0 unspecified atom stereocenters. The predicted molar refractivity (Wildman–Crippen MR) is 95.0 cm³/mol. The van der Waals surface area contributed by atoms with E-state index in [-0.39, 0.29) is 14.9 Å². The molecule has 0 heterocycles. The van der Waals surface area contributed by atoms with E-state index < -0.39 is 0 Å². The summed E-state index contributed by atoms with van der Waals surface area (Å²) in [6.45, 7) is 22.7. The highest BCUT2D eigenvalue weighted by molar-refractivity contribution is 4.75. The molecular weight excluding hydrogens is 230 g/mol. The minimum Gasteiger partial charge on any atom is -0.302 e. The van der Waals surface area contributed by atoms with Crippen LogP contribution in [0, 0.1) is 17.3 Å². The standard InChI is InChI=1S/C9H20.C7H17N.2CH4/c1-7(2)9(5,6)8(3)4;1-6(2)8(5)7(3)4;;/h7-8H,1-6H3;6-7H,1-5H3;2*1H4. The summed E-state index contributed by atoms with van der Waals surface area (Å²) in [5, 5.41) is 0. The van der Waals surface area contributed by atoms with Crippen molar-refractivity contribution in [3.63, 3.8) is 0 Å². The second kappa shape index (κ2) is 11.8. The lowest BCUT2D eigenvalue weighted by atomic mass is 9.72. The Balaban J connectivity index is -0.000000108. The molecule has 0 N–H and O–H groups in total. The average Bonchev–Trinajstić information content (AvgIpc) is 2.16. The van der Waals surface area contributed by atoms with Gasteiger partial charge in [-0.2, -0.15) is 0 Å². The van der Waals surface area contributed by atoms with Gasteiger partial charge in [-0.05, 0) is 52.0 Å². The highest BCUT2D eigenvalue weighted by Gasteiger charge is 2.25. The van der Waals surface area contributed by atoms with Gasteiger partial charge in [-0.15, -0.1) is 0 Å². The van der Waals surface area contributed by atoms with E-state index in [1.165, 1.54) is 0 Å². The lowest BCUT2D eigenvalue weighted by Crippen LogP contribution is -2.32. The summed E-state index contributed by atoms with van der Waals surface area (Å²) in [7, 11) is 2.15. The number of rotatable bonds is 4. The molecule has 0 amide bonds. The van der Waals surface area contributed by atoms with Crippen LogP contribution in [0.3, 0.4) is 0 Å². The van der Waals surface area contributed by atoms with Gasteiger partial charge in [-0.25, -0.2) is 0 Å². The molecule has 0 rings (SSSR count). The molecule has 19 heavy (non-hydrogen) atoms. The van der Waals surface area contributed by atoms with Crippen LogP contribution in [0.2, 0.25) is 0 Å². The number of hydrogen-bond donors (Lipinski definition) is 0. The topological polar surface area (TPSA) is 3.24 Å². The van der Waals surface area contributed by atoms with Crippen LogP contribution in [0.5, 0.6) is 0 Å². The van der Waals surface area contributed by atoms with Crippen LogP contribution in [0.1, 0.15) is 84.1 Å². The van der Waals surface area contributed by atoms with E-state index in [4.69, 9.17) is 0 Å². The molecule has 1 nitrogen and oxygen atoms in total. The van der Waals surface area contributed by atoms with E-state index in [9.17, 15) is 0 Å². The monoisotopic (exact) mass is 275 g/mol. The quantitative estimate of drug-likeness (QED) is 0.579. The van der Waals surface area contributed by atoms with Gasteiger partial charge in [0, 0.05) is 12.1 Å². The Bertz CT molecular complexity index is 160. The second-order valence-electron chi connectivity index (χ2n) is 6.98. The third-order valence-corrected chi connectivity index (χ3v) is 4.61. The van der Waals surface area contributed by atoms with Crippen molar-refractivity contribution in [2.24, 2.45) is 17.3 Å². The van der Waals surface area contributed by atoms with Crippen molar-refractivity contribution in [2.45, 2.75) is 96.2 Å². The highest BCUT2D eigenvalue weighted by atomic mass is 15.1. The van der Waals surface area contributed by atoms with Crippen molar-refractivity contribution in [2.75, 3.05) is 7.05 Å². The van der Waals surface area contributed by atoms with Crippen molar-refractivity contribution in [3.8, 4) is 0 Å². The zero-order valence-corrected chi connectivity index (χ0v) is 14.3. The Kier molecular flexibility index (Phi) is 16.9. The van der Waals surface area contributed by atoms with E-state index in [0.29, 0.717) is 17.5 Å². The zero-order valence-electron chi connectivity index (χ0n) is 14.3. The Hall–Kier alpha value is -0.0400. The van der Waals surface area contributed by atoms with Gasteiger partial charge in [-0.1, -0.05) is 56.4 Å². The number of hydrogen-bond acceptors (Lipinski definition) is 1. The smallest absolute Gasteiger partial charge is 0.00382 e. The van der Waals surface area contributed by atoms with Crippen LogP contribution in [0.25, 0.3) is 0 Å². The molecule has 0 fully saturated rings. The fraction of sp³-hybridized carbons (Fsp3) is 1.00. The molecule has 0 aliphatic rings. The summed E-state index contributed by atoms with van der Waals surface area (Å²) in [5.41, 5.74) is 0.500. The van der Waals surface area contributed by atoms with Crippen LogP contribution >= 0.6 is 0 Å². The number of nitrogens with zero attached hydrogens (tertiary/aromatic N) is 1. The first-order valence-corrected chi connectivity index (χ1v) is 7.16.